The van der Waals surface area contributed by atoms with Gasteiger partial charge in [-0.15, -0.1) is 0 Å². The van der Waals surface area contributed by atoms with Crippen LogP contribution in [0.25, 0.3) is 54.6 Å². The van der Waals surface area contributed by atoms with Crippen molar-refractivity contribution in [3.8, 4) is 22.3 Å². The largest absolute Gasteiger partial charge is 0.415 e. The van der Waals surface area contributed by atoms with Crippen molar-refractivity contribution in [1.82, 2.24) is 0 Å². The fourth-order valence-electron chi connectivity index (χ4n) is 7.09. The second-order valence-electron chi connectivity index (χ2n) is 11.5. The highest BCUT2D eigenvalue weighted by molar-refractivity contribution is 7.62. The molecule has 0 radical (unpaired) electrons. The van der Waals surface area contributed by atoms with Crippen LogP contribution < -0.4 is 10.6 Å². The molecular weight excluding hydrogens is 515 g/mol. The Morgan fingerprint density at radius 1 is 0.463 bits per heavy atom. The Kier molecular flexibility index (Phi) is 5.30. The van der Waals surface area contributed by atoms with E-state index in [2.05, 4.69) is 117 Å². The first-order chi connectivity index (χ1) is 20.1. The summed E-state index contributed by atoms with van der Waals surface area (Å²) in [5.41, 5.74) is 7.69. The summed E-state index contributed by atoms with van der Waals surface area (Å²) in [7, 11) is -1.72. The number of hydrogen-bond donors (Lipinski definition) is 0. The average Bonchev–Trinajstić information content (AvgIpc) is 3.02. The predicted octanol–water partition coefficient (Wildman–Crippen LogP) is 9.90. The molecule has 8 rings (SSSR count). The predicted molar refractivity (Wildman–Crippen MR) is 175 cm³/mol. The summed E-state index contributed by atoms with van der Waals surface area (Å²) in [6.07, 6.45) is 0. The fourth-order valence-corrected chi connectivity index (χ4v) is 8.44. The van der Waals surface area contributed by atoms with Gasteiger partial charge in [0.25, 0.3) is 0 Å². The Bertz CT molecular complexity index is 2190. The second kappa shape index (κ2) is 8.96. The summed E-state index contributed by atoms with van der Waals surface area (Å²) in [5, 5.41) is 9.04. The molecule has 0 saturated heterocycles. The molecule has 7 aromatic carbocycles. The summed E-state index contributed by atoms with van der Waals surface area (Å²) in [6.45, 7) is 4.70. The van der Waals surface area contributed by atoms with E-state index in [0.717, 1.165) is 21.4 Å². The maximum Gasteiger partial charge on any atom is 0.415 e. The molecule has 0 aliphatic heterocycles. The third-order valence-corrected chi connectivity index (χ3v) is 10.6. The van der Waals surface area contributed by atoms with Crippen LogP contribution in [0.15, 0.2) is 133 Å². The van der Waals surface area contributed by atoms with Crippen LogP contribution in [0.3, 0.4) is 0 Å². The molecule has 41 heavy (non-hydrogen) atoms. The van der Waals surface area contributed by atoms with Gasteiger partial charge in [-0.1, -0.05) is 122 Å². The molecule has 0 fully saturated rings. The Labute approximate surface area is 240 Å². The van der Waals surface area contributed by atoms with Gasteiger partial charge in [0.15, 0.2) is 5.30 Å². The van der Waals surface area contributed by atoms with Crippen LogP contribution in [0.5, 0.6) is 0 Å². The first kappa shape index (κ1) is 24.2. The molecule has 1 aliphatic rings. The van der Waals surface area contributed by atoms with Gasteiger partial charge < -0.3 is 0 Å². The first-order valence-electron chi connectivity index (χ1n) is 14.2. The molecule has 0 spiro atoms. The zero-order chi connectivity index (χ0) is 27.7. The topological polar surface area (TPSA) is 17.1 Å². The Balaban J connectivity index is 1.51. The highest BCUT2D eigenvalue weighted by atomic mass is 31.1. The number of rotatable bonds is 3. The monoisotopic (exact) mass is 543 g/mol. The summed E-state index contributed by atoms with van der Waals surface area (Å²) in [4.78, 5) is 0. The van der Waals surface area contributed by atoms with Gasteiger partial charge in [0.05, 0.1) is 0 Å². The van der Waals surface area contributed by atoms with E-state index >= 15 is 0 Å². The van der Waals surface area contributed by atoms with Gasteiger partial charge in [0.1, 0.15) is 0 Å². The van der Waals surface area contributed by atoms with Crippen molar-refractivity contribution in [1.29, 1.82) is 0 Å². The lowest BCUT2D eigenvalue weighted by Gasteiger charge is -2.36. The van der Waals surface area contributed by atoms with Crippen LogP contribution in [0.1, 0.15) is 25.0 Å². The third-order valence-electron chi connectivity index (χ3n) is 8.97. The molecule has 0 N–H and O–H groups in total. The smallest absolute Gasteiger partial charge is 0.0619 e. The van der Waals surface area contributed by atoms with Gasteiger partial charge in [0, 0.05) is 10.8 Å². The molecule has 1 atom stereocenters. The van der Waals surface area contributed by atoms with Crippen molar-refractivity contribution < 1.29 is 4.57 Å². The Hall–Kier alpha value is -4.58. The molecule has 0 aromatic heterocycles. The molecule has 194 valence electrons. The second-order valence-corrected chi connectivity index (χ2v) is 13.1. The maximum atomic E-state index is 13.8. The quantitative estimate of drug-likeness (QED) is 0.160. The molecule has 0 amide bonds. The number of fused-ring (bicyclic) bond motifs is 5. The zero-order valence-corrected chi connectivity index (χ0v) is 24.0. The van der Waals surface area contributed by atoms with E-state index in [4.69, 9.17) is 0 Å². The zero-order valence-electron chi connectivity index (χ0n) is 23.1. The third kappa shape index (κ3) is 3.43. The van der Waals surface area contributed by atoms with Crippen LogP contribution in [-0.4, -0.2) is 0 Å². The lowest BCUT2D eigenvalue weighted by Crippen LogP contribution is -2.23. The lowest BCUT2D eigenvalue weighted by atomic mass is 9.67. The highest BCUT2D eigenvalue weighted by Crippen LogP contribution is 2.54. The van der Waals surface area contributed by atoms with Crippen molar-refractivity contribution in [2.75, 3.05) is 0 Å². The van der Waals surface area contributed by atoms with Gasteiger partial charge >= 0.3 is 7.80 Å². The van der Waals surface area contributed by atoms with Crippen LogP contribution in [0.4, 0.5) is 0 Å². The molecule has 1 unspecified atom stereocenters. The lowest BCUT2D eigenvalue weighted by molar-refractivity contribution is 0.598. The minimum atomic E-state index is -1.72. The van der Waals surface area contributed by atoms with Crippen LogP contribution in [0.2, 0.25) is 0 Å². The number of benzene rings is 7. The van der Waals surface area contributed by atoms with Gasteiger partial charge in [-0.2, -0.15) is 0 Å². The SMILES string of the molecule is CC1(C)c2ccccc2-c2c3ccccc3c(-c3ccc([P+](=O)c4ccccc4)c4ccccc34)c3cccc1c23. The molecule has 1 aliphatic carbocycles. The molecule has 2 heteroatoms. The summed E-state index contributed by atoms with van der Waals surface area (Å²) >= 11 is 0. The van der Waals surface area contributed by atoms with E-state index in [1.54, 1.807) is 0 Å². The first-order valence-corrected chi connectivity index (χ1v) is 15.4. The normalized spacial score (nSPS) is 13.9. The summed E-state index contributed by atoms with van der Waals surface area (Å²) in [5.74, 6) is 0. The molecule has 0 saturated carbocycles. The Morgan fingerprint density at radius 2 is 1.05 bits per heavy atom. The van der Waals surface area contributed by atoms with E-state index in [1.165, 1.54) is 54.9 Å². The van der Waals surface area contributed by atoms with Crippen molar-refractivity contribution in [2.24, 2.45) is 0 Å². The number of hydrogen-bond acceptors (Lipinski definition) is 1. The van der Waals surface area contributed by atoms with Gasteiger partial charge in [0.2, 0.25) is 5.30 Å². The maximum absolute atomic E-state index is 13.8. The van der Waals surface area contributed by atoms with Crippen molar-refractivity contribution in [3.63, 3.8) is 0 Å². The minimum Gasteiger partial charge on any atom is -0.0619 e. The van der Waals surface area contributed by atoms with E-state index in [-0.39, 0.29) is 5.41 Å². The molecule has 7 aromatic rings. The minimum absolute atomic E-state index is 0.122. The van der Waals surface area contributed by atoms with E-state index < -0.39 is 7.80 Å². The van der Waals surface area contributed by atoms with Crippen LogP contribution >= 0.6 is 7.80 Å². The highest BCUT2D eigenvalue weighted by Gasteiger charge is 2.35. The summed E-state index contributed by atoms with van der Waals surface area (Å²) in [6, 6.07) is 47.1. The van der Waals surface area contributed by atoms with Gasteiger partial charge in [-0.25, -0.2) is 0 Å². The fraction of sp³-hybridized carbons (Fsp3) is 0.0769. The van der Waals surface area contributed by atoms with E-state index in [9.17, 15) is 4.57 Å². The molecular formula is C39H28OP+. The van der Waals surface area contributed by atoms with Crippen LogP contribution in [0, 0.1) is 0 Å². The van der Waals surface area contributed by atoms with Gasteiger partial charge in [-0.3, -0.25) is 0 Å². The van der Waals surface area contributed by atoms with Gasteiger partial charge in [-0.05, 0) is 90.6 Å². The van der Waals surface area contributed by atoms with Crippen molar-refractivity contribution in [3.05, 3.63) is 145 Å². The average molecular weight is 544 g/mol. The van der Waals surface area contributed by atoms with E-state index in [0.29, 0.717) is 0 Å². The Morgan fingerprint density at radius 3 is 1.83 bits per heavy atom. The van der Waals surface area contributed by atoms with Crippen molar-refractivity contribution >= 4 is 50.7 Å². The standard InChI is InChI=1S/C39H28OP/c1-39(2)33-21-11-10-19-31(33)37-29-18-9-8-17-28(29)36(32-20-12-22-34(39)38(32)37)30-23-24-35(27-16-7-6-15-26(27)30)41(40)25-13-4-3-5-14-25/h3-24H,1-2H3/q+1. The molecule has 0 bridgehead atoms. The summed E-state index contributed by atoms with van der Waals surface area (Å²) < 4.78 is 13.8. The van der Waals surface area contributed by atoms with Crippen LogP contribution in [-0.2, 0) is 9.98 Å². The molecule has 0 heterocycles. The van der Waals surface area contributed by atoms with Crippen molar-refractivity contribution in [2.45, 2.75) is 19.3 Å². The molecule has 1 nitrogen and oxygen atoms in total. The van der Waals surface area contributed by atoms with E-state index in [1.807, 2.05) is 30.3 Å².